The van der Waals surface area contributed by atoms with Crippen LogP contribution in [0.2, 0.25) is 0 Å². The molecule has 116 valence electrons. The molecule has 3 rings (SSSR count). The Morgan fingerprint density at radius 1 is 1.13 bits per heavy atom. The highest BCUT2D eigenvalue weighted by atomic mass is 16.1. The lowest BCUT2D eigenvalue weighted by Crippen LogP contribution is -2.05. The Morgan fingerprint density at radius 3 is 2.52 bits per heavy atom. The number of nitrogens with zero attached hydrogens (tertiary/aromatic N) is 4. The lowest BCUT2D eigenvalue weighted by atomic mass is 10.2. The maximum Gasteiger partial charge on any atom is 0.221 e. The molecule has 3 aromatic rings. The van der Waals surface area contributed by atoms with Crippen LogP contribution in [-0.4, -0.2) is 25.4 Å². The minimum Gasteiger partial charge on any atom is -0.340 e. The van der Waals surface area contributed by atoms with Gasteiger partial charge in [-0.2, -0.15) is 0 Å². The van der Waals surface area contributed by atoms with Crippen molar-refractivity contribution in [1.82, 2.24) is 19.5 Å². The third-order valence-corrected chi connectivity index (χ3v) is 3.07. The fourth-order valence-electron chi connectivity index (χ4n) is 2.13. The molecule has 0 saturated heterocycles. The second-order valence-corrected chi connectivity index (χ2v) is 5.01. The smallest absolute Gasteiger partial charge is 0.221 e. The molecular weight excluding hydrogens is 292 g/mol. The monoisotopic (exact) mass is 308 g/mol. The third-order valence-electron chi connectivity index (χ3n) is 3.07. The summed E-state index contributed by atoms with van der Waals surface area (Å²) in [5.74, 6) is 2.00. The first-order chi connectivity index (χ1) is 11.1. The van der Waals surface area contributed by atoms with Gasteiger partial charge in [-0.05, 0) is 31.2 Å². The van der Waals surface area contributed by atoms with Crippen LogP contribution in [0.3, 0.4) is 0 Å². The number of hydrogen-bond donors (Lipinski definition) is 2. The Morgan fingerprint density at radius 2 is 1.87 bits per heavy atom. The van der Waals surface area contributed by atoms with Crippen LogP contribution in [0.1, 0.15) is 12.7 Å². The quantitative estimate of drug-likeness (QED) is 0.774. The minimum atomic E-state index is -0.0953. The number of benzene rings is 1. The maximum absolute atomic E-state index is 11.0. The van der Waals surface area contributed by atoms with Gasteiger partial charge in [0.05, 0.1) is 0 Å². The largest absolute Gasteiger partial charge is 0.340 e. The molecule has 0 radical (unpaired) electrons. The van der Waals surface area contributed by atoms with Crippen LogP contribution in [-0.2, 0) is 4.79 Å². The van der Waals surface area contributed by atoms with E-state index in [9.17, 15) is 4.79 Å². The molecule has 2 aromatic heterocycles. The molecule has 1 amide bonds. The van der Waals surface area contributed by atoms with Gasteiger partial charge >= 0.3 is 0 Å². The van der Waals surface area contributed by atoms with E-state index < -0.39 is 0 Å². The third kappa shape index (κ3) is 3.70. The van der Waals surface area contributed by atoms with Gasteiger partial charge in [-0.1, -0.05) is 0 Å². The summed E-state index contributed by atoms with van der Waals surface area (Å²) >= 11 is 0. The molecular formula is C16H16N6O. The number of amides is 1. The van der Waals surface area contributed by atoms with Crippen molar-refractivity contribution in [3.8, 4) is 5.82 Å². The molecule has 0 aliphatic carbocycles. The minimum absolute atomic E-state index is 0.0953. The first kappa shape index (κ1) is 14.7. The molecule has 2 heterocycles. The molecule has 23 heavy (non-hydrogen) atoms. The van der Waals surface area contributed by atoms with Gasteiger partial charge in [0.2, 0.25) is 5.91 Å². The van der Waals surface area contributed by atoms with E-state index in [2.05, 4.69) is 25.6 Å². The van der Waals surface area contributed by atoms with Crippen LogP contribution >= 0.6 is 0 Å². The zero-order valence-corrected chi connectivity index (χ0v) is 12.8. The molecule has 7 heteroatoms. The molecule has 0 bridgehead atoms. The normalized spacial score (nSPS) is 10.3. The van der Waals surface area contributed by atoms with Gasteiger partial charge in [0.25, 0.3) is 0 Å². The van der Waals surface area contributed by atoms with Crippen LogP contribution in [0.15, 0.2) is 49.1 Å². The standard InChI is InChI=1S/C16H16N6O/c1-11-18-15(9-16(19-11)22-8-7-17-10-22)21-14-5-3-13(4-6-14)20-12(2)23/h3-10H,1-2H3,(H,20,23)(H,18,19,21). The Kier molecular flexibility index (Phi) is 4.01. The number of carbonyl (C=O) groups excluding carboxylic acids is 1. The van der Waals surface area contributed by atoms with Gasteiger partial charge < -0.3 is 10.6 Å². The van der Waals surface area contributed by atoms with Crippen molar-refractivity contribution in [2.75, 3.05) is 10.6 Å². The summed E-state index contributed by atoms with van der Waals surface area (Å²) < 4.78 is 1.82. The summed E-state index contributed by atoms with van der Waals surface area (Å²) in [6, 6.07) is 9.25. The van der Waals surface area contributed by atoms with Crippen molar-refractivity contribution in [3.63, 3.8) is 0 Å². The van der Waals surface area contributed by atoms with Gasteiger partial charge in [-0.25, -0.2) is 15.0 Å². The van der Waals surface area contributed by atoms with Gasteiger partial charge in [0.15, 0.2) is 0 Å². The Hall–Kier alpha value is -3.22. The zero-order valence-electron chi connectivity index (χ0n) is 12.8. The summed E-state index contributed by atoms with van der Waals surface area (Å²) in [7, 11) is 0. The zero-order chi connectivity index (χ0) is 16.2. The fraction of sp³-hybridized carbons (Fsp3) is 0.125. The number of hydrogen-bond acceptors (Lipinski definition) is 5. The van der Waals surface area contributed by atoms with Crippen LogP contribution in [0.25, 0.3) is 5.82 Å². The first-order valence-electron chi connectivity index (χ1n) is 7.09. The van der Waals surface area contributed by atoms with Gasteiger partial charge in [-0.3, -0.25) is 9.36 Å². The highest BCUT2D eigenvalue weighted by Crippen LogP contribution is 2.19. The number of rotatable bonds is 4. The number of carbonyl (C=O) groups is 1. The van der Waals surface area contributed by atoms with E-state index in [0.29, 0.717) is 11.6 Å². The average molecular weight is 308 g/mol. The van der Waals surface area contributed by atoms with Crippen molar-refractivity contribution in [2.24, 2.45) is 0 Å². The van der Waals surface area contributed by atoms with Crippen LogP contribution in [0.4, 0.5) is 17.2 Å². The Bertz CT molecular complexity index is 811. The van der Waals surface area contributed by atoms with Crippen molar-refractivity contribution in [3.05, 3.63) is 54.9 Å². The molecule has 0 aliphatic rings. The number of aryl methyl sites for hydroxylation is 1. The van der Waals surface area contributed by atoms with Crippen LogP contribution in [0.5, 0.6) is 0 Å². The highest BCUT2D eigenvalue weighted by molar-refractivity contribution is 5.88. The predicted octanol–water partition coefficient (Wildman–Crippen LogP) is 2.67. The average Bonchev–Trinajstić information content (AvgIpc) is 3.02. The molecule has 0 atom stereocenters. The van der Waals surface area contributed by atoms with E-state index in [1.54, 1.807) is 12.5 Å². The van der Waals surface area contributed by atoms with E-state index >= 15 is 0 Å². The van der Waals surface area contributed by atoms with Crippen LogP contribution < -0.4 is 10.6 Å². The summed E-state index contributed by atoms with van der Waals surface area (Å²) in [6.45, 7) is 3.32. The SMILES string of the molecule is CC(=O)Nc1ccc(Nc2cc(-n3ccnc3)nc(C)n2)cc1. The summed E-state index contributed by atoms with van der Waals surface area (Å²) in [6.07, 6.45) is 5.22. The molecule has 0 aliphatic heterocycles. The van der Waals surface area contributed by atoms with Gasteiger partial charge in [-0.15, -0.1) is 0 Å². The summed E-state index contributed by atoms with van der Waals surface area (Å²) in [4.78, 5) is 23.8. The fourth-order valence-corrected chi connectivity index (χ4v) is 2.13. The first-order valence-corrected chi connectivity index (χ1v) is 7.09. The van der Waals surface area contributed by atoms with E-state index in [1.165, 1.54) is 6.92 Å². The lowest BCUT2D eigenvalue weighted by Gasteiger charge is -2.10. The van der Waals surface area contributed by atoms with E-state index in [-0.39, 0.29) is 5.91 Å². The molecule has 7 nitrogen and oxygen atoms in total. The number of nitrogens with one attached hydrogen (secondary N) is 2. The second kappa shape index (κ2) is 6.27. The Labute approximate surface area is 133 Å². The van der Waals surface area contributed by atoms with Crippen molar-refractivity contribution < 1.29 is 4.79 Å². The summed E-state index contributed by atoms with van der Waals surface area (Å²) in [5, 5.41) is 5.96. The van der Waals surface area contributed by atoms with Gasteiger partial charge in [0, 0.05) is 36.8 Å². The summed E-state index contributed by atoms with van der Waals surface area (Å²) in [5.41, 5.74) is 1.62. The molecule has 0 fully saturated rings. The number of aromatic nitrogens is 4. The van der Waals surface area contributed by atoms with Crippen molar-refractivity contribution in [1.29, 1.82) is 0 Å². The van der Waals surface area contributed by atoms with Crippen molar-refractivity contribution >= 4 is 23.1 Å². The topological polar surface area (TPSA) is 84.7 Å². The van der Waals surface area contributed by atoms with E-state index in [0.717, 1.165) is 17.2 Å². The Balaban J connectivity index is 1.81. The molecule has 0 spiro atoms. The molecule has 2 N–H and O–H groups in total. The second-order valence-electron chi connectivity index (χ2n) is 5.01. The van der Waals surface area contributed by atoms with Gasteiger partial charge in [0.1, 0.15) is 23.8 Å². The molecule has 0 saturated carbocycles. The molecule has 1 aromatic carbocycles. The van der Waals surface area contributed by atoms with Crippen LogP contribution in [0, 0.1) is 6.92 Å². The van der Waals surface area contributed by atoms with E-state index in [1.807, 2.05) is 48.0 Å². The maximum atomic E-state index is 11.0. The predicted molar refractivity (Wildman–Crippen MR) is 87.9 cm³/mol. The highest BCUT2D eigenvalue weighted by Gasteiger charge is 2.04. The number of anilines is 3. The molecule has 0 unspecified atom stereocenters. The van der Waals surface area contributed by atoms with E-state index in [4.69, 9.17) is 0 Å². The lowest BCUT2D eigenvalue weighted by molar-refractivity contribution is -0.114. The van der Waals surface area contributed by atoms with Crippen molar-refractivity contribution in [2.45, 2.75) is 13.8 Å². The number of imidazole rings is 1.